The molecule has 0 aromatic carbocycles. The maximum atomic E-state index is 5.40. The number of rotatable bonds is 3. The summed E-state index contributed by atoms with van der Waals surface area (Å²) in [5, 5.41) is 11.7. The van der Waals surface area contributed by atoms with E-state index < -0.39 is 0 Å². The summed E-state index contributed by atoms with van der Waals surface area (Å²) in [7, 11) is 1.86. The van der Waals surface area contributed by atoms with Gasteiger partial charge in [-0.1, -0.05) is 5.16 Å². The second-order valence-electron chi connectivity index (χ2n) is 5.56. The van der Waals surface area contributed by atoms with Gasteiger partial charge in [0.05, 0.1) is 5.54 Å². The fraction of sp³-hybridized carbons (Fsp3) is 0.615. The molecule has 1 saturated heterocycles. The van der Waals surface area contributed by atoms with Gasteiger partial charge in [-0.2, -0.15) is 10.1 Å². The molecule has 20 heavy (non-hydrogen) atoms. The topological polar surface area (TPSA) is 72.0 Å². The fourth-order valence-electron chi connectivity index (χ4n) is 2.53. The van der Waals surface area contributed by atoms with Gasteiger partial charge in [0.2, 0.25) is 0 Å². The molecule has 2 aromatic heterocycles. The molecule has 0 bridgehead atoms. The zero-order valence-electron chi connectivity index (χ0n) is 12.1. The molecule has 3 rings (SSSR count). The van der Waals surface area contributed by atoms with E-state index in [0.717, 1.165) is 37.7 Å². The Kier molecular flexibility index (Phi) is 3.31. The van der Waals surface area contributed by atoms with Crippen LogP contribution >= 0.6 is 0 Å². The summed E-state index contributed by atoms with van der Waals surface area (Å²) in [4.78, 5) is 6.94. The summed E-state index contributed by atoms with van der Waals surface area (Å²) < 4.78 is 7.13. The first kappa shape index (κ1) is 13.3. The predicted molar refractivity (Wildman–Crippen MR) is 74.0 cm³/mol. The molecule has 1 N–H and O–H groups in total. The molecule has 7 heteroatoms. The van der Waals surface area contributed by atoms with E-state index in [-0.39, 0.29) is 5.54 Å². The summed E-state index contributed by atoms with van der Waals surface area (Å²) in [6, 6.07) is 1.87. The van der Waals surface area contributed by atoms with Gasteiger partial charge in [-0.05, 0) is 19.9 Å². The van der Waals surface area contributed by atoms with Gasteiger partial charge in [0.1, 0.15) is 5.69 Å². The number of nitrogens with one attached hydrogen (secondary N) is 1. The lowest BCUT2D eigenvalue weighted by Crippen LogP contribution is -2.52. The molecule has 108 valence electrons. The highest BCUT2D eigenvalue weighted by molar-refractivity contribution is 5.46. The first-order chi connectivity index (χ1) is 9.59. The van der Waals surface area contributed by atoms with Crippen LogP contribution in [0.4, 0.5) is 0 Å². The molecule has 1 fully saturated rings. The third-order valence-corrected chi connectivity index (χ3v) is 3.92. The van der Waals surface area contributed by atoms with E-state index in [0.29, 0.717) is 5.89 Å². The number of nitrogens with zero attached hydrogens (tertiary/aromatic N) is 5. The maximum Gasteiger partial charge on any atom is 0.276 e. The van der Waals surface area contributed by atoms with Crippen LogP contribution in [0.2, 0.25) is 0 Å². The molecular formula is C13H20N6O. The van der Waals surface area contributed by atoms with E-state index in [2.05, 4.69) is 39.3 Å². The quantitative estimate of drug-likeness (QED) is 0.885. The highest BCUT2D eigenvalue weighted by atomic mass is 16.5. The molecule has 1 aliphatic rings. The van der Waals surface area contributed by atoms with Crippen LogP contribution in [0.5, 0.6) is 0 Å². The number of piperazine rings is 1. The van der Waals surface area contributed by atoms with E-state index in [1.807, 2.05) is 13.1 Å². The van der Waals surface area contributed by atoms with Crippen LogP contribution < -0.4 is 5.32 Å². The van der Waals surface area contributed by atoms with E-state index >= 15 is 0 Å². The number of hydrogen-bond donors (Lipinski definition) is 1. The fourth-order valence-corrected chi connectivity index (χ4v) is 2.53. The van der Waals surface area contributed by atoms with Crippen molar-refractivity contribution in [2.75, 3.05) is 26.2 Å². The number of aromatic nitrogens is 4. The lowest BCUT2D eigenvalue weighted by atomic mass is 10.0. The van der Waals surface area contributed by atoms with Crippen molar-refractivity contribution in [2.24, 2.45) is 7.05 Å². The van der Waals surface area contributed by atoms with Crippen LogP contribution in [0.25, 0.3) is 11.6 Å². The average molecular weight is 276 g/mol. The van der Waals surface area contributed by atoms with Crippen LogP contribution in [0.1, 0.15) is 19.7 Å². The Morgan fingerprint density at radius 2 is 2.05 bits per heavy atom. The first-order valence-electron chi connectivity index (χ1n) is 6.87. The molecule has 0 aliphatic carbocycles. The third-order valence-electron chi connectivity index (χ3n) is 3.92. The van der Waals surface area contributed by atoms with E-state index in [1.54, 1.807) is 10.9 Å². The summed E-state index contributed by atoms with van der Waals surface area (Å²) in [6.45, 7) is 8.24. The molecule has 0 unspecified atom stereocenters. The Morgan fingerprint density at radius 3 is 2.70 bits per heavy atom. The van der Waals surface area contributed by atoms with E-state index in [1.165, 1.54) is 0 Å². The molecule has 1 aliphatic heterocycles. The predicted octanol–water partition coefficient (Wildman–Crippen LogP) is 0.610. The molecular weight excluding hydrogens is 256 g/mol. The van der Waals surface area contributed by atoms with Crippen LogP contribution in [-0.4, -0.2) is 51.0 Å². The van der Waals surface area contributed by atoms with Crippen LogP contribution in [0.15, 0.2) is 16.8 Å². The SMILES string of the molecule is Cn1nccc1-c1nc(C(C)(C)N2CCNCC2)no1. The van der Waals surface area contributed by atoms with Gasteiger partial charge in [0.15, 0.2) is 5.82 Å². The van der Waals surface area contributed by atoms with E-state index in [4.69, 9.17) is 4.52 Å². The van der Waals surface area contributed by atoms with Crippen molar-refractivity contribution in [1.29, 1.82) is 0 Å². The molecule has 7 nitrogen and oxygen atoms in total. The van der Waals surface area contributed by atoms with Gasteiger partial charge < -0.3 is 9.84 Å². The third kappa shape index (κ3) is 2.23. The molecule has 0 radical (unpaired) electrons. The minimum atomic E-state index is -0.234. The minimum Gasteiger partial charge on any atom is -0.332 e. The van der Waals surface area contributed by atoms with Crippen LogP contribution in [0.3, 0.4) is 0 Å². The normalized spacial score (nSPS) is 17.6. The molecule has 2 aromatic rings. The minimum absolute atomic E-state index is 0.234. The van der Waals surface area contributed by atoms with Crippen molar-refractivity contribution in [3.63, 3.8) is 0 Å². The van der Waals surface area contributed by atoms with Gasteiger partial charge in [-0.15, -0.1) is 0 Å². The van der Waals surface area contributed by atoms with Crippen molar-refractivity contribution < 1.29 is 4.52 Å². The Morgan fingerprint density at radius 1 is 1.30 bits per heavy atom. The lowest BCUT2D eigenvalue weighted by Gasteiger charge is -2.38. The molecule has 3 heterocycles. The summed E-state index contributed by atoms with van der Waals surface area (Å²) in [5.41, 5.74) is 0.600. The maximum absolute atomic E-state index is 5.40. The van der Waals surface area contributed by atoms with Gasteiger partial charge >= 0.3 is 0 Å². The van der Waals surface area contributed by atoms with Crippen LogP contribution in [-0.2, 0) is 12.6 Å². The number of aryl methyl sites for hydroxylation is 1. The Labute approximate surface area is 118 Å². The Bertz CT molecular complexity index is 581. The largest absolute Gasteiger partial charge is 0.332 e. The second-order valence-corrected chi connectivity index (χ2v) is 5.56. The highest BCUT2D eigenvalue weighted by Gasteiger charge is 2.34. The van der Waals surface area contributed by atoms with Gasteiger partial charge in [0.25, 0.3) is 5.89 Å². The Hall–Kier alpha value is -1.73. The first-order valence-corrected chi connectivity index (χ1v) is 6.87. The summed E-state index contributed by atoms with van der Waals surface area (Å²) >= 11 is 0. The monoisotopic (exact) mass is 276 g/mol. The summed E-state index contributed by atoms with van der Waals surface area (Å²) in [6.07, 6.45) is 1.72. The zero-order chi connectivity index (χ0) is 14.2. The molecule has 0 amide bonds. The lowest BCUT2D eigenvalue weighted by molar-refractivity contribution is 0.0925. The van der Waals surface area contributed by atoms with E-state index in [9.17, 15) is 0 Å². The van der Waals surface area contributed by atoms with Crippen molar-refractivity contribution in [1.82, 2.24) is 30.1 Å². The zero-order valence-corrected chi connectivity index (χ0v) is 12.1. The molecule has 0 spiro atoms. The van der Waals surface area contributed by atoms with Crippen molar-refractivity contribution in [3.05, 3.63) is 18.1 Å². The highest BCUT2D eigenvalue weighted by Crippen LogP contribution is 2.27. The van der Waals surface area contributed by atoms with Crippen molar-refractivity contribution in [3.8, 4) is 11.6 Å². The second kappa shape index (κ2) is 4.99. The molecule has 0 atom stereocenters. The smallest absolute Gasteiger partial charge is 0.276 e. The van der Waals surface area contributed by atoms with Gasteiger partial charge in [-0.25, -0.2) is 0 Å². The van der Waals surface area contributed by atoms with Gasteiger partial charge in [0, 0.05) is 39.4 Å². The standard InChI is InChI=1S/C13H20N6O/c1-13(2,19-8-6-14-7-9-19)12-16-11(20-17-12)10-4-5-15-18(10)3/h4-5,14H,6-9H2,1-3H3. The summed E-state index contributed by atoms with van der Waals surface area (Å²) in [5.74, 6) is 1.24. The van der Waals surface area contributed by atoms with Crippen molar-refractivity contribution >= 4 is 0 Å². The Balaban J connectivity index is 1.87. The average Bonchev–Trinajstić information content (AvgIpc) is 3.08. The van der Waals surface area contributed by atoms with Gasteiger partial charge in [-0.3, -0.25) is 9.58 Å². The van der Waals surface area contributed by atoms with Crippen molar-refractivity contribution in [2.45, 2.75) is 19.4 Å². The molecule has 0 saturated carbocycles. The number of hydrogen-bond acceptors (Lipinski definition) is 6. The van der Waals surface area contributed by atoms with Crippen LogP contribution in [0, 0.1) is 0 Å².